The maximum absolute atomic E-state index is 6.42. The normalized spacial score (nSPS) is 12.6. The molecule has 1 aliphatic carbocycles. The molecule has 0 N–H and O–H groups in total. The molecular formula is C42H38GeIrN2O-2. The number of fused-ring (bicyclic) bond motifs is 4. The number of rotatable bonds is 4. The molecule has 1 radical (unpaired) electrons. The first-order valence-electron chi connectivity index (χ1n) is 16.2. The Kier molecular flexibility index (Phi) is 9.94. The summed E-state index contributed by atoms with van der Waals surface area (Å²) in [6, 6.07) is 40.0. The third-order valence-electron chi connectivity index (χ3n) is 8.96. The molecule has 0 spiro atoms. The summed E-state index contributed by atoms with van der Waals surface area (Å²) in [5.41, 5.74) is 12.4. The van der Waals surface area contributed by atoms with Crippen molar-refractivity contribution < 1.29 is 24.5 Å². The van der Waals surface area contributed by atoms with E-state index in [2.05, 4.69) is 114 Å². The van der Waals surface area contributed by atoms with Gasteiger partial charge in [-0.25, -0.2) is 0 Å². The van der Waals surface area contributed by atoms with Crippen molar-refractivity contribution in [2.45, 2.75) is 49.9 Å². The largest absolute Gasteiger partial charge is 0.501 e. The van der Waals surface area contributed by atoms with Crippen molar-refractivity contribution in [2.75, 3.05) is 0 Å². The van der Waals surface area contributed by atoms with Gasteiger partial charge in [-0.15, -0.1) is 18.2 Å². The summed E-state index contributed by atoms with van der Waals surface area (Å²) in [4.78, 5) is 9.35. The number of aromatic nitrogens is 2. The van der Waals surface area contributed by atoms with Crippen molar-refractivity contribution in [3.8, 4) is 33.6 Å². The first-order valence-corrected chi connectivity index (χ1v) is 23.5. The Balaban J connectivity index is 0.000000185. The maximum atomic E-state index is 6.42. The van der Waals surface area contributed by atoms with Crippen LogP contribution >= 0.6 is 0 Å². The number of aryl methyl sites for hydroxylation is 2. The Bertz CT molecular complexity index is 2150. The topological polar surface area (TPSA) is 38.9 Å². The van der Waals surface area contributed by atoms with E-state index in [-0.39, 0.29) is 20.1 Å². The second kappa shape index (κ2) is 14.1. The number of hydrogen-bond acceptors (Lipinski definition) is 3. The predicted molar refractivity (Wildman–Crippen MR) is 194 cm³/mol. The van der Waals surface area contributed by atoms with Gasteiger partial charge in [0.1, 0.15) is 5.58 Å². The van der Waals surface area contributed by atoms with Crippen molar-refractivity contribution >= 4 is 39.6 Å². The second-order valence-corrected chi connectivity index (χ2v) is 23.8. The molecule has 0 fully saturated rings. The van der Waals surface area contributed by atoms with E-state index in [1.165, 1.54) is 39.5 Å². The van der Waals surface area contributed by atoms with Crippen LogP contribution in [0.5, 0.6) is 0 Å². The van der Waals surface area contributed by atoms with Crippen LogP contribution in [-0.4, -0.2) is 23.2 Å². The third-order valence-corrected chi connectivity index (χ3v) is 13.4. The Morgan fingerprint density at radius 3 is 2.32 bits per heavy atom. The summed E-state index contributed by atoms with van der Waals surface area (Å²) in [6.45, 7) is 2.19. The van der Waals surface area contributed by atoms with Crippen molar-refractivity contribution in [2.24, 2.45) is 0 Å². The molecule has 3 heterocycles. The Labute approximate surface area is 294 Å². The summed E-state index contributed by atoms with van der Waals surface area (Å²) in [7, 11) is 0. The summed E-state index contributed by atoms with van der Waals surface area (Å²) >= 11 is -1.77. The molecule has 0 amide bonds. The SMILES string of the molecule is Cc1cc(-c2[c-]cccc2)nc[c]1[Ge]([CH3])([CH3])[CH3].[Ir].[c-]1ccc2c(oc3cc(-c4ccccc4)ccc32)c1-c1nccc2c1CCCC2. The predicted octanol–water partition coefficient (Wildman–Crippen LogP) is 10.4. The monoisotopic (exact) mass is 853 g/mol. The van der Waals surface area contributed by atoms with E-state index < -0.39 is 13.3 Å². The van der Waals surface area contributed by atoms with Gasteiger partial charge in [0.25, 0.3) is 0 Å². The average Bonchev–Trinajstić information content (AvgIpc) is 3.47. The van der Waals surface area contributed by atoms with Crippen molar-refractivity contribution in [3.63, 3.8) is 0 Å². The number of hydrogen-bond donors (Lipinski definition) is 0. The second-order valence-electron chi connectivity index (χ2n) is 13.2. The molecule has 0 unspecified atom stereocenters. The van der Waals surface area contributed by atoms with Crippen LogP contribution in [0.2, 0.25) is 17.3 Å². The quantitative estimate of drug-likeness (QED) is 0.131. The number of furan rings is 1. The van der Waals surface area contributed by atoms with Crippen molar-refractivity contribution in [1.82, 2.24) is 9.97 Å². The van der Waals surface area contributed by atoms with Crippen LogP contribution in [0.25, 0.3) is 55.6 Å². The Hall–Kier alpha value is -3.83. The van der Waals surface area contributed by atoms with Gasteiger partial charge in [-0.3, -0.25) is 0 Å². The van der Waals surface area contributed by atoms with Gasteiger partial charge in [0, 0.05) is 31.7 Å². The molecule has 0 bridgehead atoms. The minimum Gasteiger partial charge on any atom is -0.501 e. The van der Waals surface area contributed by atoms with Crippen LogP contribution in [0.1, 0.15) is 29.5 Å². The van der Waals surface area contributed by atoms with Crippen LogP contribution in [0, 0.1) is 19.1 Å². The minimum atomic E-state index is -1.77. The third kappa shape index (κ3) is 6.92. The summed E-state index contributed by atoms with van der Waals surface area (Å²) in [6.07, 6.45) is 8.72. The fraction of sp³-hybridized carbons (Fsp3) is 0.190. The molecule has 0 atom stereocenters. The van der Waals surface area contributed by atoms with E-state index in [0.717, 1.165) is 62.9 Å². The van der Waals surface area contributed by atoms with E-state index >= 15 is 0 Å². The van der Waals surface area contributed by atoms with Crippen LogP contribution in [0.3, 0.4) is 0 Å². The smallest absolute Gasteiger partial charge is 0.121 e. The molecule has 8 rings (SSSR count). The van der Waals surface area contributed by atoms with Crippen LogP contribution in [-0.2, 0) is 32.9 Å². The molecule has 4 aromatic carbocycles. The zero-order valence-corrected chi connectivity index (χ0v) is 31.8. The molecular weight excluding hydrogens is 813 g/mol. The first-order chi connectivity index (χ1) is 22.4. The van der Waals surface area contributed by atoms with Gasteiger partial charge in [-0.2, -0.15) is 0 Å². The van der Waals surface area contributed by atoms with E-state index in [1.807, 2.05) is 36.5 Å². The molecule has 0 aliphatic heterocycles. The maximum Gasteiger partial charge on any atom is 0.121 e. The zero-order chi connectivity index (χ0) is 31.7. The molecule has 237 valence electrons. The fourth-order valence-electron chi connectivity index (χ4n) is 6.65. The van der Waals surface area contributed by atoms with Gasteiger partial charge in [0.2, 0.25) is 0 Å². The van der Waals surface area contributed by atoms with E-state index in [4.69, 9.17) is 9.40 Å². The fourth-order valence-corrected chi connectivity index (χ4v) is 10.2. The summed E-state index contributed by atoms with van der Waals surface area (Å²) in [5.74, 6) is 7.20. The summed E-state index contributed by atoms with van der Waals surface area (Å²) < 4.78 is 7.91. The van der Waals surface area contributed by atoms with Gasteiger partial charge in [0.05, 0.1) is 5.58 Å². The molecule has 7 aromatic rings. The van der Waals surface area contributed by atoms with Gasteiger partial charge < -0.3 is 9.40 Å². The van der Waals surface area contributed by atoms with E-state index in [1.54, 1.807) is 0 Å². The standard InChI is InChI=1S/C27H20NO.C15H18GeN.Ir/c1-2-7-18(8-3-1)20-13-14-22-23-11-6-12-24(27(23)29-25(22)17-20)26-21-10-5-4-9-19(21)15-16-28-26;1-12-10-15(13-8-6-5-7-9-13)17-11-14(12)16(2,3)4;/h1-3,6-8,11,13-17H,4-5,9-10H2;5-8,10-11H,1-4H3;/q2*-1;. The number of benzene rings is 4. The van der Waals surface area contributed by atoms with Crippen LogP contribution in [0.15, 0.2) is 114 Å². The molecule has 47 heavy (non-hydrogen) atoms. The van der Waals surface area contributed by atoms with E-state index in [9.17, 15) is 0 Å². The minimum absolute atomic E-state index is 0. The molecule has 0 saturated carbocycles. The van der Waals surface area contributed by atoms with Gasteiger partial charge in [-0.05, 0) is 54.6 Å². The Morgan fingerprint density at radius 1 is 0.745 bits per heavy atom. The zero-order valence-electron chi connectivity index (χ0n) is 27.4. The average molecular weight is 852 g/mol. The van der Waals surface area contributed by atoms with Crippen molar-refractivity contribution in [1.29, 1.82) is 0 Å². The molecule has 0 saturated heterocycles. The van der Waals surface area contributed by atoms with Crippen LogP contribution in [0.4, 0.5) is 0 Å². The number of nitrogens with zero attached hydrogens (tertiary/aromatic N) is 2. The van der Waals surface area contributed by atoms with Crippen LogP contribution < -0.4 is 4.40 Å². The van der Waals surface area contributed by atoms with Gasteiger partial charge >= 0.3 is 106 Å². The van der Waals surface area contributed by atoms with E-state index in [0.29, 0.717) is 0 Å². The number of pyridine rings is 2. The molecule has 1 aliphatic rings. The van der Waals surface area contributed by atoms with Gasteiger partial charge in [-0.1, -0.05) is 64.5 Å². The molecule has 5 heteroatoms. The van der Waals surface area contributed by atoms with Crippen molar-refractivity contribution in [3.05, 3.63) is 138 Å². The Morgan fingerprint density at radius 2 is 1.55 bits per heavy atom. The first kappa shape index (κ1) is 33.1. The molecule has 3 aromatic heterocycles. The van der Waals surface area contributed by atoms with Gasteiger partial charge in [0.15, 0.2) is 0 Å². The summed E-state index contributed by atoms with van der Waals surface area (Å²) in [5, 5.41) is 2.27. The molecule has 3 nitrogen and oxygen atoms in total.